The van der Waals surface area contributed by atoms with Gasteiger partial charge in [-0.2, -0.15) is 5.10 Å². The van der Waals surface area contributed by atoms with Gasteiger partial charge >= 0.3 is 0 Å². The Morgan fingerprint density at radius 2 is 1.85 bits per heavy atom. The third-order valence-electron chi connectivity index (χ3n) is 11.2. The lowest BCUT2D eigenvalue weighted by atomic mass is 9.44. The number of aromatic nitrogens is 2. The molecule has 1 heterocycles. The fourth-order valence-electron chi connectivity index (χ4n) is 9.43. The minimum atomic E-state index is -0.274. The van der Waals surface area contributed by atoms with Gasteiger partial charge in [-0.1, -0.05) is 27.2 Å². The molecule has 1 aromatic heterocycles. The fraction of sp³-hybridized carbons (Fsp3) is 0.724. The average molecular weight is 451 g/mol. The molecule has 4 aliphatic carbocycles. The van der Waals surface area contributed by atoms with E-state index in [1.807, 2.05) is 0 Å². The third-order valence-corrected chi connectivity index (χ3v) is 11.2. The maximum atomic E-state index is 13.8. The van der Waals surface area contributed by atoms with E-state index >= 15 is 0 Å². The van der Waals surface area contributed by atoms with Crippen molar-refractivity contribution in [2.24, 2.45) is 46.3 Å². The normalized spacial score (nSPS) is 42.5. The summed E-state index contributed by atoms with van der Waals surface area (Å²) in [6.07, 6.45) is 13.5. The highest BCUT2D eigenvalue weighted by molar-refractivity contribution is 5.85. The highest BCUT2D eigenvalue weighted by Gasteiger charge is 2.60. The molecule has 3 nitrogen and oxygen atoms in total. The molecule has 0 saturated heterocycles. The number of hydrogen-bond acceptors (Lipinski definition) is 2. The largest absolute Gasteiger partial charge is 0.297 e. The Labute approximate surface area is 197 Å². The molecule has 4 aliphatic rings. The average Bonchev–Trinajstić information content (AvgIpc) is 3.34. The van der Waals surface area contributed by atoms with E-state index in [9.17, 15) is 9.18 Å². The van der Waals surface area contributed by atoms with Crippen LogP contribution >= 0.6 is 0 Å². The maximum absolute atomic E-state index is 13.8. The number of fused-ring (bicyclic) bond motifs is 6. The van der Waals surface area contributed by atoms with Gasteiger partial charge in [-0.15, -0.1) is 0 Å². The van der Waals surface area contributed by atoms with Gasteiger partial charge in [-0.25, -0.2) is 4.39 Å². The van der Waals surface area contributed by atoms with Crippen molar-refractivity contribution in [3.8, 4) is 0 Å². The molecule has 4 saturated carbocycles. The highest BCUT2D eigenvalue weighted by atomic mass is 19.1. The predicted octanol–water partition coefficient (Wildman–Crippen LogP) is 7.04. The molecule has 4 fully saturated rings. The number of ketones is 1. The quantitative estimate of drug-likeness (QED) is 0.503. The van der Waals surface area contributed by atoms with Gasteiger partial charge in [0.15, 0.2) is 5.78 Å². The van der Waals surface area contributed by atoms with Crippen molar-refractivity contribution >= 4 is 16.7 Å². The summed E-state index contributed by atoms with van der Waals surface area (Å²) in [4.78, 5) is 13.6. The van der Waals surface area contributed by atoms with Crippen molar-refractivity contribution < 1.29 is 9.18 Å². The Kier molecular flexibility index (Phi) is 5.05. The number of Topliss-reactive ketones (excluding diaryl/α,β-unsaturated/α-hetero) is 1. The monoisotopic (exact) mass is 450 g/mol. The lowest BCUT2D eigenvalue weighted by Crippen LogP contribution is -2.53. The molecule has 33 heavy (non-hydrogen) atoms. The summed E-state index contributed by atoms with van der Waals surface area (Å²) >= 11 is 0. The van der Waals surface area contributed by atoms with E-state index in [0.717, 1.165) is 41.0 Å². The van der Waals surface area contributed by atoms with E-state index < -0.39 is 0 Å². The molecule has 4 heteroatoms. The second-order valence-electron chi connectivity index (χ2n) is 12.7. The summed E-state index contributed by atoms with van der Waals surface area (Å²) in [5, 5.41) is 5.33. The first-order valence-corrected chi connectivity index (χ1v) is 13.4. The second-order valence-corrected chi connectivity index (χ2v) is 12.7. The van der Waals surface area contributed by atoms with Gasteiger partial charge in [0.25, 0.3) is 0 Å². The van der Waals surface area contributed by atoms with Crippen molar-refractivity contribution in [1.82, 2.24) is 9.78 Å². The molecule has 0 spiro atoms. The molecule has 0 aliphatic heterocycles. The Hall–Kier alpha value is -1.71. The van der Waals surface area contributed by atoms with Crippen LogP contribution < -0.4 is 0 Å². The molecule has 0 N–H and O–H groups in total. The first-order chi connectivity index (χ1) is 15.8. The van der Waals surface area contributed by atoms with Crippen LogP contribution in [0, 0.1) is 52.2 Å². The van der Waals surface area contributed by atoms with Gasteiger partial charge in [0.2, 0.25) is 0 Å². The summed E-state index contributed by atoms with van der Waals surface area (Å²) in [7, 11) is 0. The summed E-state index contributed by atoms with van der Waals surface area (Å²) in [5.41, 5.74) is 1.37. The van der Waals surface area contributed by atoms with E-state index in [0.29, 0.717) is 17.1 Å². The molecule has 0 amide bonds. The molecule has 8 atom stereocenters. The zero-order valence-corrected chi connectivity index (χ0v) is 20.5. The molecule has 178 valence electrons. The van der Waals surface area contributed by atoms with Crippen LogP contribution in [0.2, 0.25) is 0 Å². The van der Waals surface area contributed by atoms with Crippen LogP contribution in [-0.4, -0.2) is 15.6 Å². The van der Waals surface area contributed by atoms with Gasteiger partial charge in [-0.3, -0.25) is 9.48 Å². The lowest BCUT2D eigenvalue weighted by Gasteiger charge is -2.61. The summed E-state index contributed by atoms with van der Waals surface area (Å²) in [5.74, 6) is 4.31. The SMILES string of the molecule is CC1CCC2(C)C(CCC3C2CCC2(C)C(C(=O)Cn4ncc5ccc(F)cc54)CCC32)C1. The fourth-order valence-corrected chi connectivity index (χ4v) is 9.43. The molecule has 0 bridgehead atoms. The smallest absolute Gasteiger partial charge is 0.157 e. The lowest BCUT2D eigenvalue weighted by molar-refractivity contribution is -0.137. The van der Waals surface area contributed by atoms with Crippen LogP contribution in [-0.2, 0) is 11.3 Å². The zero-order chi connectivity index (χ0) is 23.0. The first-order valence-electron chi connectivity index (χ1n) is 13.4. The molecule has 1 aromatic carbocycles. The van der Waals surface area contributed by atoms with Gasteiger partial charge in [0.05, 0.1) is 11.7 Å². The molecule has 6 rings (SSSR count). The number of rotatable bonds is 3. The predicted molar refractivity (Wildman–Crippen MR) is 129 cm³/mol. The number of halogens is 1. The molecule has 0 radical (unpaired) electrons. The Morgan fingerprint density at radius 1 is 1.06 bits per heavy atom. The summed E-state index contributed by atoms with van der Waals surface area (Å²) in [6, 6.07) is 4.71. The third kappa shape index (κ3) is 3.26. The zero-order valence-electron chi connectivity index (χ0n) is 20.5. The Balaban J connectivity index is 1.23. The van der Waals surface area contributed by atoms with E-state index in [1.54, 1.807) is 16.9 Å². The van der Waals surface area contributed by atoms with Crippen LogP contribution in [0.4, 0.5) is 4.39 Å². The van der Waals surface area contributed by atoms with Gasteiger partial charge in [0, 0.05) is 11.3 Å². The van der Waals surface area contributed by atoms with Gasteiger partial charge in [0.1, 0.15) is 12.4 Å². The highest BCUT2D eigenvalue weighted by Crippen LogP contribution is 2.67. The van der Waals surface area contributed by atoms with Crippen molar-refractivity contribution in [2.45, 2.75) is 85.1 Å². The number of carbonyl (C=O) groups is 1. The topological polar surface area (TPSA) is 34.9 Å². The maximum Gasteiger partial charge on any atom is 0.157 e. The molecule has 2 aromatic rings. The van der Waals surface area contributed by atoms with Crippen LogP contribution in [0.5, 0.6) is 0 Å². The van der Waals surface area contributed by atoms with E-state index in [-0.39, 0.29) is 23.7 Å². The van der Waals surface area contributed by atoms with Crippen LogP contribution in [0.15, 0.2) is 24.4 Å². The minimum absolute atomic E-state index is 0.119. The first kappa shape index (κ1) is 21.8. The van der Waals surface area contributed by atoms with Crippen LogP contribution in [0.3, 0.4) is 0 Å². The van der Waals surface area contributed by atoms with E-state index in [1.165, 1.54) is 63.5 Å². The van der Waals surface area contributed by atoms with Crippen molar-refractivity contribution in [1.29, 1.82) is 0 Å². The van der Waals surface area contributed by atoms with E-state index in [4.69, 9.17) is 0 Å². The molecular formula is C29H39FN2O. The number of nitrogens with zero attached hydrogens (tertiary/aromatic N) is 2. The summed E-state index contributed by atoms with van der Waals surface area (Å²) in [6.45, 7) is 7.78. The Bertz CT molecular complexity index is 1080. The second kappa shape index (κ2) is 7.65. The van der Waals surface area contributed by atoms with Gasteiger partial charge in [-0.05, 0) is 110 Å². The van der Waals surface area contributed by atoms with Crippen molar-refractivity contribution in [3.05, 3.63) is 30.2 Å². The van der Waals surface area contributed by atoms with Crippen molar-refractivity contribution in [2.75, 3.05) is 0 Å². The number of hydrogen-bond donors (Lipinski definition) is 0. The van der Waals surface area contributed by atoms with Crippen LogP contribution in [0.1, 0.15) is 78.6 Å². The Morgan fingerprint density at radius 3 is 2.70 bits per heavy atom. The van der Waals surface area contributed by atoms with Crippen molar-refractivity contribution in [3.63, 3.8) is 0 Å². The standard InChI is InChI=1S/C29H39FN2O/c1-18-10-12-28(2)20(14-18)5-7-22-23-8-9-25(29(23,3)13-11-24(22)28)27(33)17-32-26-15-21(30)6-4-19(26)16-31-32/h4,6,15-16,18,20,22-25H,5,7-14,17H2,1-3H3. The number of benzene rings is 1. The molecular weight excluding hydrogens is 411 g/mol. The van der Waals surface area contributed by atoms with Crippen LogP contribution in [0.25, 0.3) is 10.9 Å². The van der Waals surface area contributed by atoms with E-state index in [2.05, 4.69) is 25.9 Å². The minimum Gasteiger partial charge on any atom is -0.297 e. The van der Waals surface area contributed by atoms with Gasteiger partial charge < -0.3 is 0 Å². The molecule has 8 unspecified atom stereocenters. The summed E-state index contributed by atoms with van der Waals surface area (Å²) < 4.78 is 15.5. The number of carbonyl (C=O) groups excluding carboxylic acids is 1.